The Balaban J connectivity index is 1.53. The average molecular weight is 332 g/mol. The van der Waals surface area contributed by atoms with E-state index < -0.39 is 0 Å². The fraction of sp³-hybridized carbons (Fsp3) is 0.150. The summed E-state index contributed by atoms with van der Waals surface area (Å²) in [5.41, 5.74) is 3.40. The van der Waals surface area contributed by atoms with Crippen molar-refractivity contribution in [3.8, 4) is 0 Å². The van der Waals surface area contributed by atoms with Crippen molar-refractivity contribution in [2.45, 2.75) is 12.8 Å². The number of carbonyl (C=O) groups excluding carboxylic acids is 1. The van der Waals surface area contributed by atoms with E-state index in [-0.39, 0.29) is 5.91 Å². The summed E-state index contributed by atoms with van der Waals surface area (Å²) < 4.78 is 0. The number of benzene rings is 1. The molecule has 0 bridgehead atoms. The summed E-state index contributed by atoms with van der Waals surface area (Å²) in [5.74, 6) is -0.167. The number of aryl methyl sites for hydroxylation is 1. The molecule has 0 saturated carbocycles. The fourth-order valence-electron chi connectivity index (χ4n) is 2.49. The van der Waals surface area contributed by atoms with Crippen LogP contribution in [0.15, 0.2) is 61.1 Å². The Morgan fingerprint density at radius 1 is 1.12 bits per heavy atom. The molecule has 2 aromatic heterocycles. The molecule has 2 heterocycles. The lowest BCUT2D eigenvalue weighted by atomic mass is 10.1. The topological polar surface area (TPSA) is 70.7 Å². The predicted molar refractivity (Wildman–Crippen MR) is 98.8 cm³/mol. The number of carbonyl (C=O) groups is 1. The van der Waals surface area contributed by atoms with Crippen molar-refractivity contribution in [3.63, 3.8) is 0 Å². The van der Waals surface area contributed by atoms with Gasteiger partial charge in [0.05, 0.1) is 0 Å². The number of hydrogen-bond acceptors (Lipinski definition) is 3. The molecule has 5 heteroatoms. The van der Waals surface area contributed by atoms with Gasteiger partial charge in [0.1, 0.15) is 0 Å². The maximum absolute atomic E-state index is 12.3. The van der Waals surface area contributed by atoms with Gasteiger partial charge < -0.3 is 5.32 Å². The van der Waals surface area contributed by atoms with Crippen molar-refractivity contribution < 1.29 is 4.79 Å². The fourth-order valence-corrected chi connectivity index (χ4v) is 2.49. The second kappa shape index (κ2) is 8.59. The zero-order chi connectivity index (χ0) is 17.3. The quantitative estimate of drug-likeness (QED) is 0.652. The van der Waals surface area contributed by atoms with Crippen LogP contribution in [0.5, 0.6) is 0 Å². The molecular weight excluding hydrogens is 312 g/mol. The lowest BCUT2D eigenvalue weighted by Gasteiger charge is -2.04. The zero-order valence-electron chi connectivity index (χ0n) is 13.9. The van der Waals surface area contributed by atoms with E-state index in [0.717, 1.165) is 24.0 Å². The van der Waals surface area contributed by atoms with Gasteiger partial charge in [0.25, 0.3) is 5.91 Å². The van der Waals surface area contributed by atoms with Crippen LogP contribution in [0, 0.1) is 0 Å². The number of aromatic nitrogens is 3. The van der Waals surface area contributed by atoms with Gasteiger partial charge in [-0.3, -0.25) is 14.9 Å². The van der Waals surface area contributed by atoms with Crippen LogP contribution >= 0.6 is 0 Å². The SMILES string of the molecule is O=C(NCCCc1ccccc1)c1n[nH]cc1C=Cc1cccnc1. The molecule has 3 aromatic rings. The summed E-state index contributed by atoms with van der Waals surface area (Å²) in [6, 6.07) is 14.1. The van der Waals surface area contributed by atoms with E-state index in [1.807, 2.05) is 42.5 Å². The Labute approximate surface area is 146 Å². The van der Waals surface area contributed by atoms with Crippen LogP contribution in [0.2, 0.25) is 0 Å². The maximum atomic E-state index is 12.3. The van der Waals surface area contributed by atoms with Crippen molar-refractivity contribution in [3.05, 3.63) is 83.4 Å². The van der Waals surface area contributed by atoms with E-state index in [1.54, 1.807) is 18.6 Å². The maximum Gasteiger partial charge on any atom is 0.272 e. The third-order valence-corrected chi connectivity index (χ3v) is 3.80. The molecule has 0 radical (unpaired) electrons. The van der Waals surface area contributed by atoms with Gasteiger partial charge in [0, 0.05) is 30.7 Å². The molecule has 0 atom stereocenters. The second-order valence-electron chi connectivity index (χ2n) is 5.65. The normalized spacial score (nSPS) is 10.9. The molecule has 1 aromatic carbocycles. The van der Waals surface area contributed by atoms with Crippen LogP contribution in [-0.4, -0.2) is 27.6 Å². The Kier molecular flexibility index (Phi) is 5.72. The van der Waals surface area contributed by atoms with Gasteiger partial charge >= 0.3 is 0 Å². The Bertz CT molecular complexity index is 825. The number of amides is 1. The molecule has 0 spiro atoms. The van der Waals surface area contributed by atoms with Gasteiger partial charge in [-0.1, -0.05) is 48.6 Å². The predicted octanol–water partition coefficient (Wildman–Crippen LogP) is 3.34. The first-order valence-electron chi connectivity index (χ1n) is 8.27. The molecule has 0 aliphatic carbocycles. The lowest BCUT2D eigenvalue weighted by molar-refractivity contribution is 0.0948. The summed E-state index contributed by atoms with van der Waals surface area (Å²) in [6.07, 6.45) is 10.8. The van der Waals surface area contributed by atoms with Crippen LogP contribution in [0.1, 0.15) is 33.6 Å². The van der Waals surface area contributed by atoms with Crippen LogP contribution in [0.4, 0.5) is 0 Å². The van der Waals surface area contributed by atoms with Crippen molar-refractivity contribution in [2.75, 3.05) is 6.54 Å². The van der Waals surface area contributed by atoms with Gasteiger partial charge in [-0.15, -0.1) is 0 Å². The molecule has 126 valence electrons. The summed E-state index contributed by atoms with van der Waals surface area (Å²) in [5, 5.41) is 9.74. The first kappa shape index (κ1) is 16.6. The highest BCUT2D eigenvalue weighted by molar-refractivity contribution is 5.96. The van der Waals surface area contributed by atoms with Crippen LogP contribution in [0.3, 0.4) is 0 Å². The Morgan fingerprint density at radius 2 is 2.00 bits per heavy atom. The van der Waals surface area contributed by atoms with Crippen molar-refractivity contribution in [1.82, 2.24) is 20.5 Å². The molecule has 0 fully saturated rings. The van der Waals surface area contributed by atoms with Gasteiger partial charge in [-0.2, -0.15) is 5.10 Å². The van der Waals surface area contributed by atoms with Gasteiger partial charge in [-0.25, -0.2) is 0 Å². The number of nitrogens with one attached hydrogen (secondary N) is 2. The summed E-state index contributed by atoms with van der Waals surface area (Å²) in [6.45, 7) is 0.617. The minimum absolute atomic E-state index is 0.167. The number of aromatic amines is 1. The number of hydrogen-bond donors (Lipinski definition) is 2. The smallest absolute Gasteiger partial charge is 0.272 e. The van der Waals surface area contributed by atoms with E-state index in [1.165, 1.54) is 5.56 Å². The summed E-state index contributed by atoms with van der Waals surface area (Å²) in [7, 11) is 0. The van der Waals surface area contributed by atoms with E-state index in [0.29, 0.717) is 12.2 Å². The summed E-state index contributed by atoms with van der Waals surface area (Å²) in [4.78, 5) is 16.4. The zero-order valence-corrected chi connectivity index (χ0v) is 13.9. The van der Waals surface area contributed by atoms with Gasteiger partial charge in [-0.05, 0) is 30.0 Å². The Hall–Kier alpha value is -3.21. The van der Waals surface area contributed by atoms with Crippen LogP contribution in [-0.2, 0) is 6.42 Å². The minimum atomic E-state index is -0.167. The molecule has 2 N–H and O–H groups in total. The van der Waals surface area contributed by atoms with Gasteiger partial charge in [0.15, 0.2) is 5.69 Å². The molecule has 0 aliphatic rings. The summed E-state index contributed by atoms with van der Waals surface area (Å²) >= 11 is 0. The highest BCUT2D eigenvalue weighted by atomic mass is 16.1. The van der Waals surface area contributed by atoms with Crippen LogP contribution in [0.25, 0.3) is 12.2 Å². The number of H-pyrrole nitrogens is 1. The third kappa shape index (κ3) is 4.88. The highest BCUT2D eigenvalue weighted by Gasteiger charge is 2.12. The van der Waals surface area contributed by atoms with E-state index >= 15 is 0 Å². The molecule has 0 aliphatic heterocycles. The van der Waals surface area contributed by atoms with Gasteiger partial charge in [0.2, 0.25) is 0 Å². The molecule has 3 rings (SSSR count). The highest BCUT2D eigenvalue weighted by Crippen LogP contribution is 2.10. The number of nitrogens with zero attached hydrogens (tertiary/aromatic N) is 2. The van der Waals surface area contributed by atoms with E-state index in [4.69, 9.17) is 0 Å². The standard InChI is InChI=1S/C20H20N4O/c25-20(22-13-5-8-16-6-2-1-3-7-16)19-18(15-23-24-19)11-10-17-9-4-12-21-14-17/h1-4,6-7,9-12,14-15H,5,8,13H2,(H,22,25)(H,23,24). The van der Waals surface area contributed by atoms with E-state index in [2.05, 4.69) is 32.6 Å². The molecule has 1 amide bonds. The largest absolute Gasteiger partial charge is 0.351 e. The van der Waals surface area contributed by atoms with Crippen molar-refractivity contribution in [1.29, 1.82) is 0 Å². The minimum Gasteiger partial charge on any atom is -0.351 e. The van der Waals surface area contributed by atoms with Crippen molar-refractivity contribution >= 4 is 18.1 Å². The molecule has 0 saturated heterocycles. The molecule has 0 unspecified atom stereocenters. The van der Waals surface area contributed by atoms with Crippen molar-refractivity contribution in [2.24, 2.45) is 0 Å². The average Bonchev–Trinajstić information content (AvgIpc) is 3.14. The van der Waals surface area contributed by atoms with E-state index in [9.17, 15) is 4.79 Å². The lowest BCUT2D eigenvalue weighted by Crippen LogP contribution is -2.25. The Morgan fingerprint density at radius 3 is 2.80 bits per heavy atom. The first-order valence-corrected chi connectivity index (χ1v) is 8.27. The molecule has 25 heavy (non-hydrogen) atoms. The number of pyridine rings is 1. The molecule has 5 nitrogen and oxygen atoms in total. The monoisotopic (exact) mass is 332 g/mol. The third-order valence-electron chi connectivity index (χ3n) is 3.80. The second-order valence-corrected chi connectivity index (χ2v) is 5.65. The first-order chi connectivity index (χ1) is 12.3. The number of rotatable bonds is 7. The molecular formula is C20H20N4O. The van der Waals surface area contributed by atoms with Crippen LogP contribution < -0.4 is 5.32 Å².